The van der Waals surface area contributed by atoms with Crippen molar-refractivity contribution in [1.82, 2.24) is 15.5 Å². The van der Waals surface area contributed by atoms with Crippen LogP contribution in [0.3, 0.4) is 0 Å². The summed E-state index contributed by atoms with van der Waals surface area (Å²) in [4.78, 5) is 4.36. The fourth-order valence-electron chi connectivity index (χ4n) is 3.37. The predicted molar refractivity (Wildman–Crippen MR) is 87.7 cm³/mol. The first-order chi connectivity index (χ1) is 11.1. The summed E-state index contributed by atoms with van der Waals surface area (Å²) < 4.78 is 5.24. The summed E-state index contributed by atoms with van der Waals surface area (Å²) in [5.41, 5.74) is 2.30. The van der Waals surface area contributed by atoms with Gasteiger partial charge in [-0.3, -0.25) is 4.98 Å². The Labute approximate surface area is 137 Å². The Hall–Kier alpha value is -1.72. The van der Waals surface area contributed by atoms with Crippen LogP contribution < -0.4 is 5.32 Å². The van der Waals surface area contributed by atoms with Gasteiger partial charge in [0.2, 0.25) is 0 Å². The van der Waals surface area contributed by atoms with E-state index in [0.29, 0.717) is 18.4 Å². The number of aliphatic hydroxyl groups excluding tert-OH is 1. The molecule has 2 aromatic heterocycles. The number of hydrogen-bond acceptors (Lipinski definition) is 5. The van der Waals surface area contributed by atoms with Crippen LogP contribution in [0.2, 0.25) is 0 Å². The van der Waals surface area contributed by atoms with E-state index in [0.717, 1.165) is 36.5 Å². The van der Waals surface area contributed by atoms with Crippen molar-refractivity contribution in [1.29, 1.82) is 0 Å². The van der Waals surface area contributed by atoms with Crippen molar-refractivity contribution in [3.05, 3.63) is 47.6 Å². The Kier molecular flexibility index (Phi) is 4.78. The first-order valence-corrected chi connectivity index (χ1v) is 8.28. The molecule has 2 aromatic rings. The third-order valence-corrected chi connectivity index (χ3v) is 5.15. The largest absolute Gasteiger partial charge is 0.396 e. The van der Waals surface area contributed by atoms with Crippen LogP contribution in [-0.4, -0.2) is 27.9 Å². The summed E-state index contributed by atoms with van der Waals surface area (Å²) in [5, 5.41) is 16.7. The summed E-state index contributed by atoms with van der Waals surface area (Å²) >= 11 is 0. The highest BCUT2D eigenvalue weighted by atomic mass is 16.5. The lowest BCUT2D eigenvalue weighted by atomic mass is 9.57. The van der Waals surface area contributed by atoms with E-state index < -0.39 is 0 Å². The first kappa shape index (κ1) is 16.1. The monoisotopic (exact) mass is 315 g/mol. The minimum absolute atomic E-state index is 0.100. The zero-order chi connectivity index (χ0) is 16.3. The zero-order valence-electron chi connectivity index (χ0n) is 13.8. The van der Waals surface area contributed by atoms with Gasteiger partial charge >= 0.3 is 0 Å². The van der Waals surface area contributed by atoms with E-state index in [1.807, 2.05) is 30.5 Å². The van der Waals surface area contributed by atoms with Crippen molar-refractivity contribution in [2.24, 2.45) is 11.3 Å². The molecule has 0 aliphatic heterocycles. The molecule has 23 heavy (non-hydrogen) atoms. The number of rotatable bonds is 7. The van der Waals surface area contributed by atoms with E-state index in [2.05, 4.69) is 29.3 Å². The van der Waals surface area contributed by atoms with Gasteiger partial charge in [-0.15, -0.1) is 0 Å². The number of pyridine rings is 1. The Morgan fingerprint density at radius 2 is 2.22 bits per heavy atom. The molecule has 1 saturated carbocycles. The first-order valence-electron chi connectivity index (χ1n) is 8.28. The third-order valence-electron chi connectivity index (χ3n) is 5.15. The van der Waals surface area contributed by atoms with E-state index in [9.17, 15) is 0 Å². The molecular formula is C18H25N3O2. The highest BCUT2D eigenvalue weighted by Gasteiger charge is 2.47. The molecule has 0 radical (unpaired) electrons. The van der Waals surface area contributed by atoms with E-state index in [4.69, 9.17) is 9.63 Å². The predicted octanol–water partition coefficient (Wildman–Crippen LogP) is 2.35. The highest BCUT2D eigenvalue weighted by Crippen LogP contribution is 2.47. The Bertz CT molecular complexity index is 624. The topological polar surface area (TPSA) is 71.2 Å². The molecule has 5 nitrogen and oxygen atoms in total. The smallest absolute Gasteiger partial charge is 0.139 e. The van der Waals surface area contributed by atoms with Gasteiger partial charge in [0.25, 0.3) is 0 Å². The van der Waals surface area contributed by atoms with Gasteiger partial charge < -0.3 is 14.9 Å². The lowest BCUT2D eigenvalue weighted by Gasteiger charge is -2.52. The molecule has 0 saturated heterocycles. The van der Waals surface area contributed by atoms with Crippen LogP contribution in [0.1, 0.15) is 37.4 Å². The van der Waals surface area contributed by atoms with Gasteiger partial charge in [0.05, 0.1) is 18.0 Å². The average molecular weight is 315 g/mol. The van der Waals surface area contributed by atoms with E-state index >= 15 is 0 Å². The van der Waals surface area contributed by atoms with E-state index in [1.165, 1.54) is 0 Å². The Morgan fingerprint density at radius 3 is 2.91 bits per heavy atom. The summed E-state index contributed by atoms with van der Waals surface area (Å²) in [5.74, 6) is 1.36. The molecule has 2 atom stereocenters. The minimum atomic E-state index is 0.100. The molecule has 0 amide bonds. The summed E-state index contributed by atoms with van der Waals surface area (Å²) in [7, 11) is 0. The molecule has 0 aromatic carbocycles. The highest BCUT2D eigenvalue weighted by molar-refractivity contribution is 5.12. The second kappa shape index (κ2) is 6.81. The van der Waals surface area contributed by atoms with Crippen molar-refractivity contribution >= 4 is 0 Å². The number of nitrogens with one attached hydrogen (secondary N) is 1. The van der Waals surface area contributed by atoms with Crippen LogP contribution in [0, 0.1) is 11.3 Å². The van der Waals surface area contributed by atoms with Crippen molar-refractivity contribution in [3.8, 4) is 0 Å². The average Bonchev–Trinajstić information content (AvgIpc) is 2.99. The Balaban J connectivity index is 1.51. The maximum Gasteiger partial charge on any atom is 0.139 e. The van der Waals surface area contributed by atoms with Crippen molar-refractivity contribution in [2.75, 3.05) is 6.61 Å². The molecule has 124 valence electrons. The molecule has 0 bridgehead atoms. The van der Waals surface area contributed by atoms with E-state index in [-0.39, 0.29) is 12.0 Å². The summed E-state index contributed by atoms with van der Waals surface area (Å²) in [6.45, 7) is 5.54. The lowest BCUT2D eigenvalue weighted by molar-refractivity contribution is 0.0123. The molecule has 2 N–H and O–H groups in total. The van der Waals surface area contributed by atoms with Gasteiger partial charge in [0.15, 0.2) is 0 Å². The van der Waals surface area contributed by atoms with Crippen LogP contribution in [0.4, 0.5) is 0 Å². The van der Waals surface area contributed by atoms with Crippen LogP contribution in [0.5, 0.6) is 0 Å². The Morgan fingerprint density at radius 1 is 1.35 bits per heavy atom. The molecular weight excluding hydrogens is 290 g/mol. The number of aromatic nitrogens is 2. The van der Waals surface area contributed by atoms with Gasteiger partial charge in [-0.05, 0) is 36.3 Å². The normalized spacial score (nSPS) is 22.7. The summed E-state index contributed by atoms with van der Waals surface area (Å²) in [6, 6.07) is 8.48. The molecule has 1 aliphatic rings. The van der Waals surface area contributed by atoms with Crippen LogP contribution in [0.15, 0.2) is 35.0 Å². The molecule has 0 unspecified atom stereocenters. The molecule has 1 fully saturated rings. The van der Waals surface area contributed by atoms with E-state index in [1.54, 1.807) is 0 Å². The standard InChI is InChI=1S/C18H25N3O2/c1-18(2)13(9-15-11-16(6-8-22)23-21-15)10-17(18)20-12-14-5-3-4-7-19-14/h3-5,7,11,13,17,20,22H,6,8-10,12H2,1-2H3/t13-,17+/m1/s1. The molecule has 3 rings (SSSR count). The number of hydrogen-bond donors (Lipinski definition) is 2. The van der Waals surface area contributed by atoms with Gasteiger partial charge in [0, 0.05) is 31.3 Å². The summed E-state index contributed by atoms with van der Waals surface area (Å²) in [6.07, 6.45) is 4.45. The molecule has 1 aliphatic carbocycles. The van der Waals surface area contributed by atoms with Crippen LogP contribution >= 0.6 is 0 Å². The molecule has 2 heterocycles. The van der Waals surface area contributed by atoms with Crippen LogP contribution in [0.25, 0.3) is 0 Å². The van der Waals surface area contributed by atoms with Crippen molar-refractivity contribution < 1.29 is 9.63 Å². The third kappa shape index (κ3) is 3.62. The fourth-order valence-corrected chi connectivity index (χ4v) is 3.37. The molecule has 0 spiro atoms. The second-order valence-corrected chi connectivity index (χ2v) is 6.97. The van der Waals surface area contributed by atoms with Gasteiger partial charge in [0.1, 0.15) is 5.76 Å². The van der Waals surface area contributed by atoms with Crippen molar-refractivity contribution in [2.45, 2.75) is 45.7 Å². The second-order valence-electron chi connectivity index (χ2n) is 6.97. The van der Waals surface area contributed by atoms with Crippen LogP contribution in [-0.2, 0) is 19.4 Å². The quantitative estimate of drug-likeness (QED) is 0.820. The van der Waals surface area contributed by atoms with Gasteiger partial charge in [-0.1, -0.05) is 25.1 Å². The van der Waals surface area contributed by atoms with Crippen molar-refractivity contribution in [3.63, 3.8) is 0 Å². The molecule has 5 heteroatoms. The fraction of sp³-hybridized carbons (Fsp3) is 0.556. The minimum Gasteiger partial charge on any atom is -0.396 e. The lowest BCUT2D eigenvalue weighted by Crippen LogP contribution is -2.57. The van der Waals surface area contributed by atoms with Gasteiger partial charge in [-0.2, -0.15) is 0 Å². The SMILES string of the molecule is CC1(C)[C@H](Cc2cc(CCO)on2)C[C@@H]1NCc1ccccn1. The zero-order valence-corrected chi connectivity index (χ0v) is 13.8. The number of nitrogens with zero attached hydrogens (tertiary/aromatic N) is 2. The maximum absolute atomic E-state index is 8.94. The van der Waals surface area contributed by atoms with Gasteiger partial charge in [-0.25, -0.2) is 0 Å². The maximum atomic E-state index is 8.94. The number of aliphatic hydroxyl groups is 1.